The van der Waals surface area contributed by atoms with Crippen LogP contribution >= 0.6 is 0 Å². The minimum absolute atomic E-state index is 0.447. The molecule has 0 spiro atoms. The van der Waals surface area contributed by atoms with Crippen molar-refractivity contribution in [2.75, 3.05) is 6.61 Å². The summed E-state index contributed by atoms with van der Waals surface area (Å²) in [5.41, 5.74) is 0. The van der Waals surface area contributed by atoms with Crippen molar-refractivity contribution in [1.29, 1.82) is 0 Å². The third kappa shape index (κ3) is 2.70. The molecule has 0 bridgehead atoms. The molecule has 0 saturated heterocycles. The van der Waals surface area contributed by atoms with Crippen LogP contribution in [0.4, 0.5) is 22.0 Å². The third-order valence-corrected chi connectivity index (χ3v) is 2.51. The van der Waals surface area contributed by atoms with Gasteiger partial charge in [-0.1, -0.05) is 0 Å². The second-order valence-corrected chi connectivity index (χ2v) is 4.02. The summed E-state index contributed by atoms with van der Waals surface area (Å²) < 4.78 is 93.4. The van der Waals surface area contributed by atoms with Gasteiger partial charge in [0.1, 0.15) is 0 Å². The Morgan fingerprint density at radius 1 is 0.889 bits per heavy atom. The first kappa shape index (κ1) is 14.6. The Balaban J connectivity index is 3.35. The van der Waals surface area contributed by atoms with Crippen LogP contribution in [0.5, 0.6) is 5.75 Å². The molecule has 102 valence electrons. The first-order chi connectivity index (χ1) is 8.21. The predicted molar refractivity (Wildman–Crippen MR) is 47.4 cm³/mol. The van der Waals surface area contributed by atoms with Gasteiger partial charge in [0.05, 0.1) is 6.61 Å². The molecule has 0 radical (unpaired) electrons. The van der Waals surface area contributed by atoms with Gasteiger partial charge in [-0.3, -0.25) is 0 Å². The van der Waals surface area contributed by atoms with Crippen LogP contribution in [0.1, 0.15) is 6.92 Å². The second-order valence-electron chi connectivity index (χ2n) is 2.80. The fourth-order valence-corrected chi connectivity index (χ4v) is 1.62. The lowest BCUT2D eigenvalue weighted by Crippen LogP contribution is -2.16. The Morgan fingerprint density at radius 2 is 1.28 bits per heavy atom. The molecule has 0 unspecified atom stereocenters. The van der Waals surface area contributed by atoms with Crippen LogP contribution in [0.3, 0.4) is 0 Å². The summed E-state index contributed by atoms with van der Waals surface area (Å²) in [4.78, 5) is 0. The minimum atomic E-state index is -4.91. The van der Waals surface area contributed by atoms with E-state index in [-0.39, 0.29) is 0 Å². The van der Waals surface area contributed by atoms with E-state index in [4.69, 9.17) is 0 Å². The standard InChI is InChI=1S/C8H5F5O4S/c1-2-16-18(14,15)17-8-6(12)4(10)3(9)5(11)7(8)13/h2H2,1H3. The number of halogens is 5. The first-order valence-electron chi connectivity index (χ1n) is 4.31. The van der Waals surface area contributed by atoms with Crippen molar-refractivity contribution in [2.45, 2.75) is 6.92 Å². The lowest BCUT2D eigenvalue weighted by atomic mass is 10.3. The number of rotatable bonds is 4. The largest absolute Gasteiger partial charge is 0.449 e. The smallest absolute Gasteiger partial charge is 0.355 e. The molecule has 0 fully saturated rings. The van der Waals surface area contributed by atoms with Crippen LogP contribution < -0.4 is 4.18 Å². The number of benzene rings is 1. The fraction of sp³-hybridized carbons (Fsp3) is 0.250. The van der Waals surface area contributed by atoms with Crippen molar-refractivity contribution in [1.82, 2.24) is 0 Å². The summed E-state index contributed by atoms with van der Waals surface area (Å²) >= 11 is 0. The zero-order valence-electron chi connectivity index (χ0n) is 8.64. The van der Waals surface area contributed by atoms with E-state index in [1.165, 1.54) is 6.92 Å². The molecule has 10 heteroatoms. The maximum absolute atomic E-state index is 13.0. The normalized spacial score (nSPS) is 11.7. The van der Waals surface area contributed by atoms with E-state index >= 15 is 0 Å². The summed E-state index contributed by atoms with van der Waals surface area (Å²) in [6.07, 6.45) is 0. The lowest BCUT2D eigenvalue weighted by Gasteiger charge is -2.09. The van der Waals surface area contributed by atoms with Crippen LogP contribution in [0.25, 0.3) is 0 Å². The number of hydrogen-bond donors (Lipinski definition) is 0. The Hall–Kier alpha value is -1.42. The maximum Gasteiger partial charge on any atom is 0.449 e. The van der Waals surface area contributed by atoms with Gasteiger partial charge in [0.25, 0.3) is 0 Å². The summed E-state index contributed by atoms with van der Waals surface area (Å²) in [5, 5.41) is 0. The van der Waals surface area contributed by atoms with E-state index in [9.17, 15) is 30.4 Å². The van der Waals surface area contributed by atoms with E-state index in [0.717, 1.165) is 0 Å². The van der Waals surface area contributed by atoms with Crippen molar-refractivity contribution >= 4 is 10.4 Å². The molecule has 0 aliphatic rings. The van der Waals surface area contributed by atoms with Gasteiger partial charge >= 0.3 is 10.4 Å². The fourth-order valence-electron chi connectivity index (χ4n) is 0.928. The van der Waals surface area contributed by atoms with Crippen molar-refractivity contribution in [3.8, 4) is 5.75 Å². The van der Waals surface area contributed by atoms with Crippen LogP contribution in [0, 0.1) is 29.1 Å². The quantitative estimate of drug-likeness (QED) is 0.484. The zero-order valence-corrected chi connectivity index (χ0v) is 9.45. The minimum Gasteiger partial charge on any atom is -0.355 e. The van der Waals surface area contributed by atoms with Gasteiger partial charge in [0, 0.05) is 0 Å². The van der Waals surface area contributed by atoms with Gasteiger partial charge in [0.2, 0.25) is 34.8 Å². The molecule has 0 atom stereocenters. The van der Waals surface area contributed by atoms with Crippen LogP contribution in [0.2, 0.25) is 0 Å². The molecule has 0 N–H and O–H groups in total. The van der Waals surface area contributed by atoms with Gasteiger partial charge in [-0.2, -0.15) is 17.2 Å². The number of hydrogen-bond acceptors (Lipinski definition) is 4. The zero-order chi connectivity index (χ0) is 14.1. The summed E-state index contributed by atoms with van der Waals surface area (Å²) in [5.74, 6) is -13.8. The van der Waals surface area contributed by atoms with Crippen molar-refractivity contribution in [3.05, 3.63) is 29.1 Å². The average Bonchev–Trinajstić information content (AvgIpc) is 2.30. The molecule has 0 saturated carbocycles. The molecule has 1 rings (SSSR count). The van der Waals surface area contributed by atoms with E-state index < -0.39 is 51.8 Å². The molecule has 1 aromatic carbocycles. The highest BCUT2D eigenvalue weighted by Gasteiger charge is 2.30. The molecule has 1 aromatic rings. The lowest BCUT2D eigenvalue weighted by molar-refractivity contribution is 0.273. The molecule has 0 amide bonds. The molecular weight excluding hydrogens is 287 g/mol. The van der Waals surface area contributed by atoms with Gasteiger partial charge < -0.3 is 4.18 Å². The highest BCUT2D eigenvalue weighted by molar-refractivity contribution is 7.82. The Bertz CT molecular complexity index is 542. The molecule has 0 aliphatic carbocycles. The van der Waals surface area contributed by atoms with Crippen LogP contribution in [-0.4, -0.2) is 15.0 Å². The van der Waals surface area contributed by atoms with Crippen LogP contribution in [0.15, 0.2) is 0 Å². The second kappa shape index (κ2) is 5.06. The Morgan fingerprint density at radius 3 is 1.67 bits per heavy atom. The van der Waals surface area contributed by atoms with Crippen molar-refractivity contribution in [3.63, 3.8) is 0 Å². The third-order valence-electron chi connectivity index (χ3n) is 1.62. The SMILES string of the molecule is CCOS(=O)(=O)Oc1c(F)c(F)c(F)c(F)c1F. The van der Waals surface area contributed by atoms with Gasteiger partial charge in [0.15, 0.2) is 0 Å². The Labute approximate surface area is 98.3 Å². The summed E-state index contributed by atoms with van der Waals surface area (Å²) in [7, 11) is -4.91. The molecule has 0 aromatic heterocycles. The monoisotopic (exact) mass is 292 g/mol. The molecule has 0 aliphatic heterocycles. The van der Waals surface area contributed by atoms with E-state index in [0.29, 0.717) is 0 Å². The first-order valence-corrected chi connectivity index (χ1v) is 5.64. The van der Waals surface area contributed by atoms with Gasteiger partial charge in [-0.15, -0.1) is 0 Å². The van der Waals surface area contributed by atoms with Gasteiger partial charge in [-0.05, 0) is 6.92 Å². The maximum atomic E-state index is 13.0. The predicted octanol–water partition coefficient (Wildman–Crippen LogP) is 2.04. The van der Waals surface area contributed by atoms with E-state index in [1.54, 1.807) is 0 Å². The van der Waals surface area contributed by atoms with E-state index in [2.05, 4.69) is 8.37 Å². The topological polar surface area (TPSA) is 52.6 Å². The van der Waals surface area contributed by atoms with Crippen molar-refractivity contribution < 1.29 is 38.7 Å². The van der Waals surface area contributed by atoms with Gasteiger partial charge in [-0.25, -0.2) is 17.4 Å². The molecule has 18 heavy (non-hydrogen) atoms. The van der Waals surface area contributed by atoms with Crippen molar-refractivity contribution in [2.24, 2.45) is 0 Å². The molecule has 0 heterocycles. The van der Waals surface area contributed by atoms with E-state index in [1.807, 2.05) is 0 Å². The summed E-state index contributed by atoms with van der Waals surface area (Å²) in [6, 6.07) is 0. The average molecular weight is 292 g/mol. The Kier molecular flexibility index (Phi) is 4.12. The highest BCUT2D eigenvalue weighted by atomic mass is 32.3. The molecular formula is C8H5F5O4S. The highest BCUT2D eigenvalue weighted by Crippen LogP contribution is 2.30. The molecule has 4 nitrogen and oxygen atoms in total. The van der Waals surface area contributed by atoms with Crippen LogP contribution in [-0.2, 0) is 14.6 Å². The summed E-state index contributed by atoms with van der Waals surface area (Å²) in [6.45, 7) is 0.761.